The summed E-state index contributed by atoms with van der Waals surface area (Å²) in [6, 6.07) is 0. The van der Waals surface area contributed by atoms with E-state index in [4.69, 9.17) is 33.4 Å². The summed E-state index contributed by atoms with van der Waals surface area (Å²) >= 11 is 11.1. The minimum absolute atomic E-state index is 0.325. The van der Waals surface area contributed by atoms with Crippen LogP contribution in [-0.2, 0) is 9.47 Å². The number of rotatable bonds is 5. The number of carbonyl (C=O) groups is 2. The van der Waals surface area contributed by atoms with E-state index in [1.165, 1.54) is 0 Å². The van der Waals surface area contributed by atoms with E-state index in [0.29, 0.717) is 0 Å². The molecule has 0 aliphatic heterocycles. The molecule has 0 saturated heterocycles. The van der Waals surface area contributed by atoms with Crippen molar-refractivity contribution in [3.05, 3.63) is 0 Å². The first-order valence-corrected chi connectivity index (χ1v) is 4.30. The lowest BCUT2D eigenvalue weighted by atomic mass is 10.3. The second kappa shape index (κ2) is 6.56. The highest BCUT2D eigenvalue weighted by Crippen LogP contribution is 2.11. The Kier molecular flexibility index (Phi) is 6.14. The molecule has 0 spiro atoms. The smallest absolute Gasteiger partial charge is 0.450 e. The van der Waals surface area contributed by atoms with E-state index in [1.807, 2.05) is 0 Å². The third kappa shape index (κ3) is 6.62. The predicted molar refractivity (Wildman–Crippen MR) is 47.2 cm³/mol. The minimum atomic E-state index is -1.47. The standard InChI is InChI=1S/C6H8Cl2O6/c7-3(1-13-5(9)10)4(8)2-14-6(11)12/h3-4H,1-2H2,(H,9,10)(H,11,12). The zero-order valence-electron chi connectivity index (χ0n) is 6.85. The third-order valence-electron chi connectivity index (χ3n) is 1.12. The highest BCUT2D eigenvalue weighted by atomic mass is 35.5. The first-order chi connectivity index (χ1) is 6.43. The Balaban J connectivity index is 3.69. The van der Waals surface area contributed by atoms with E-state index >= 15 is 0 Å². The number of ether oxygens (including phenoxy) is 2. The van der Waals surface area contributed by atoms with Crippen LogP contribution in [0.4, 0.5) is 9.59 Å². The predicted octanol–water partition coefficient (Wildman–Crippen LogP) is 1.59. The first-order valence-electron chi connectivity index (χ1n) is 3.43. The molecule has 8 heteroatoms. The van der Waals surface area contributed by atoms with Crippen molar-refractivity contribution < 1.29 is 29.3 Å². The maximum absolute atomic E-state index is 9.94. The molecule has 0 radical (unpaired) electrons. The van der Waals surface area contributed by atoms with Crippen molar-refractivity contribution in [3.63, 3.8) is 0 Å². The Morgan fingerprint density at radius 3 is 1.50 bits per heavy atom. The molecular weight excluding hydrogens is 239 g/mol. The molecule has 0 bridgehead atoms. The van der Waals surface area contributed by atoms with Crippen molar-refractivity contribution in [1.82, 2.24) is 0 Å². The lowest BCUT2D eigenvalue weighted by Gasteiger charge is -2.13. The van der Waals surface area contributed by atoms with Crippen LogP contribution in [0.3, 0.4) is 0 Å². The Morgan fingerprint density at radius 1 is 1.00 bits per heavy atom. The summed E-state index contributed by atoms with van der Waals surface area (Å²) in [5.74, 6) is 0. The largest absolute Gasteiger partial charge is 0.505 e. The molecule has 14 heavy (non-hydrogen) atoms. The van der Waals surface area contributed by atoms with Gasteiger partial charge >= 0.3 is 12.3 Å². The van der Waals surface area contributed by atoms with Crippen molar-refractivity contribution in [2.75, 3.05) is 13.2 Å². The second-order valence-electron chi connectivity index (χ2n) is 2.19. The van der Waals surface area contributed by atoms with Crippen LogP contribution in [0.1, 0.15) is 0 Å². The molecule has 0 rings (SSSR count). The van der Waals surface area contributed by atoms with Crippen molar-refractivity contribution >= 4 is 35.5 Å². The summed E-state index contributed by atoms with van der Waals surface area (Å²) in [4.78, 5) is 19.9. The van der Waals surface area contributed by atoms with E-state index < -0.39 is 23.1 Å². The van der Waals surface area contributed by atoms with E-state index in [2.05, 4.69) is 9.47 Å². The summed E-state index contributed by atoms with van der Waals surface area (Å²) in [7, 11) is 0. The number of halogens is 2. The van der Waals surface area contributed by atoms with Crippen molar-refractivity contribution in [2.24, 2.45) is 0 Å². The van der Waals surface area contributed by atoms with Gasteiger partial charge < -0.3 is 19.7 Å². The molecule has 0 aromatic rings. The van der Waals surface area contributed by atoms with Crippen LogP contribution < -0.4 is 0 Å². The van der Waals surface area contributed by atoms with Crippen LogP contribution >= 0.6 is 23.2 Å². The van der Waals surface area contributed by atoms with Crippen molar-refractivity contribution in [3.8, 4) is 0 Å². The third-order valence-corrected chi connectivity index (χ3v) is 2.11. The average molecular weight is 247 g/mol. The highest BCUT2D eigenvalue weighted by Gasteiger charge is 2.20. The molecule has 2 unspecified atom stereocenters. The molecule has 2 N–H and O–H groups in total. The zero-order valence-corrected chi connectivity index (χ0v) is 8.36. The number of hydrogen-bond acceptors (Lipinski definition) is 4. The molecule has 0 aromatic carbocycles. The lowest BCUT2D eigenvalue weighted by molar-refractivity contribution is 0.0788. The second-order valence-corrected chi connectivity index (χ2v) is 3.31. The highest BCUT2D eigenvalue weighted by molar-refractivity contribution is 6.30. The van der Waals surface area contributed by atoms with Gasteiger partial charge in [-0.05, 0) is 0 Å². The SMILES string of the molecule is O=C(O)OCC(Cl)C(Cl)COC(=O)O. The number of hydrogen-bond donors (Lipinski definition) is 2. The molecule has 0 aromatic heterocycles. The average Bonchev–Trinajstić information content (AvgIpc) is 2.09. The summed E-state index contributed by atoms with van der Waals surface area (Å²) in [6.07, 6.45) is -2.95. The zero-order chi connectivity index (χ0) is 11.1. The van der Waals surface area contributed by atoms with Gasteiger partial charge in [-0.25, -0.2) is 9.59 Å². The van der Waals surface area contributed by atoms with Gasteiger partial charge in [-0.2, -0.15) is 0 Å². The summed E-state index contributed by atoms with van der Waals surface area (Å²) in [5, 5.41) is 14.5. The van der Waals surface area contributed by atoms with Gasteiger partial charge in [0.05, 0.1) is 10.8 Å². The molecule has 82 valence electrons. The van der Waals surface area contributed by atoms with E-state index in [-0.39, 0.29) is 13.2 Å². The molecule has 0 fully saturated rings. The van der Waals surface area contributed by atoms with Crippen LogP contribution in [-0.4, -0.2) is 46.5 Å². The number of alkyl halides is 2. The van der Waals surface area contributed by atoms with E-state index in [0.717, 1.165) is 0 Å². The Morgan fingerprint density at radius 2 is 1.29 bits per heavy atom. The lowest BCUT2D eigenvalue weighted by Crippen LogP contribution is -2.27. The summed E-state index contributed by atoms with van der Waals surface area (Å²) in [5.41, 5.74) is 0. The molecule has 0 saturated carbocycles. The minimum Gasteiger partial charge on any atom is -0.450 e. The molecule has 0 aliphatic rings. The van der Waals surface area contributed by atoms with E-state index in [9.17, 15) is 9.59 Å². The van der Waals surface area contributed by atoms with Gasteiger partial charge in [-0.3, -0.25) is 0 Å². The van der Waals surface area contributed by atoms with Crippen LogP contribution in [0.25, 0.3) is 0 Å². The van der Waals surface area contributed by atoms with Gasteiger partial charge in [0.1, 0.15) is 13.2 Å². The van der Waals surface area contributed by atoms with Crippen LogP contribution in [0, 0.1) is 0 Å². The molecule has 0 amide bonds. The monoisotopic (exact) mass is 246 g/mol. The normalized spacial score (nSPS) is 14.1. The fourth-order valence-electron chi connectivity index (χ4n) is 0.511. The van der Waals surface area contributed by atoms with Gasteiger partial charge in [0, 0.05) is 0 Å². The molecule has 0 heterocycles. The van der Waals surface area contributed by atoms with Gasteiger partial charge in [-0.15, -0.1) is 23.2 Å². The van der Waals surface area contributed by atoms with Crippen LogP contribution in [0.2, 0.25) is 0 Å². The first kappa shape index (κ1) is 13.1. The van der Waals surface area contributed by atoms with Gasteiger partial charge in [0.25, 0.3) is 0 Å². The summed E-state index contributed by atoms with van der Waals surface area (Å²) < 4.78 is 8.26. The maximum atomic E-state index is 9.94. The Hall–Kier alpha value is -0.880. The Labute approximate surface area is 89.3 Å². The molecule has 6 nitrogen and oxygen atoms in total. The maximum Gasteiger partial charge on any atom is 0.505 e. The quantitative estimate of drug-likeness (QED) is 0.566. The van der Waals surface area contributed by atoms with Gasteiger partial charge in [-0.1, -0.05) is 0 Å². The fourth-order valence-corrected chi connectivity index (χ4v) is 0.782. The van der Waals surface area contributed by atoms with Gasteiger partial charge in [0.2, 0.25) is 0 Å². The summed E-state index contributed by atoms with van der Waals surface area (Å²) in [6.45, 7) is -0.651. The van der Waals surface area contributed by atoms with Gasteiger partial charge in [0.15, 0.2) is 0 Å². The van der Waals surface area contributed by atoms with Crippen molar-refractivity contribution in [1.29, 1.82) is 0 Å². The molecule has 2 atom stereocenters. The van der Waals surface area contributed by atoms with Crippen LogP contribution in [0.15, 0.2) is 0 Å². The fraction of sp³-hybridized carbons (Fsp3) is 0.667. The number of carboxylic acid groups (broad SMARTS) is 2. The van der Waals surface area contributed by atoms with E-state index in [1.54, 1.807) is 0 Å². The molecular formula is C6H8Cl2O6. The Bertz CT molecular complexity index is 186. The van der Waals surface area contributed by atoms with Crippen molar-refractivity contribution in [2.45, 2.75) is 10.8 Å². The van der Waals surface area contributed by atoms with Crippen LogP contribution in [0.5, 0.6) is 0 Å². The topological polar surface area (TPSA) is 93.1 Å². The molecule has 0 aliphatic carbocycles.